The van der Waals surface area contributed by atoms with Gasteiger partial charge < -0.3 is 15.5 Å². The molecule has 3 aromatic rings. The van der Waals surface area contributed by atoms with Gasteiger partial charge in [0.2, 0.25) is 5.91 Å². The van der Waals surface area contributed by atoms with Crippen molar-refractivity contribution < 1.29 is 4.79 Å². The average molecular weight is 449 g/mol. The first kappa shape index (κ1) is 20.4. The minimum absolute atomic E-state index is 0.0269. The number of rotatable bonds is 3. The molecule has 3 heterocycles. The summed E-state index contributed by atoms with van der Waals surface area (Å²) in [6.45, 7) is 4.25. The van der Waals surface area contributed by atoms with Crippen LogP contribution in [0.5, 0.6) is 0 Å². The molecular weight excluding hydrogens is 427 g/mol. The summed E-state index contributed by atoms with van der Waals surface area (Å²) in [6, 6.07) is 12.2. The fourth-order valence-corrected chi connectivity index (χ4v) is 4.83. The van der Waals surface area contributed by atoms with Crippen molar-refractivity contribution in [3.05, 3.63) is 52.5 Å². The monoisotopic (exact) mass is 448 g/mol. The zero-order valence-corrected chi connectivity index (χ0v) is 18.2. The number of benzene rings is 2. The zero-order chi connectivity index (χ0) is 20.2. The number of carbonyl (C=O) groups excluding carboxylic acids is 1. The van der Waals surface area contributed by atoms with Gasteiger partial charge in [-0.2, -0.15) is 4.37 Å². The second kappa shape index (κ2) is 9.30. The smallest absolute Gasteiger partial charge is 0.228 e. The molecule has 8 heteroatoms. The van der Waals surface area contributed by atoms with Crippen molar-refractivity contribution in [3.8, 4) is 0 Å². The lowest BCUT2D eigenvalue weighted by molar-refractivity contribution is -0.115. The number of nitrogens with zero attached hydrogens (tertiary/aromatic N) is 2. The molecule has 5 nitrogen and oxygen atoms in total. The summed E-state index contributed by atoms with van der Waals surface area (Å²) in [5, 5.41) is 8.08. The van der Waals surface area contributed by atoms with E-state index in [0.29, 0.717) is 17.3 Å². The second-order valence-corrected chi connectivity index (χ2v) is 8.59. The first-order valence-corrected chi connectivity index (χ1v) is 11.3. The van der Waals surface area contributed by atoms with Crippen LogP contribution in [0.3, 0.4) is 0 Å². The third-order valence-electron chi connectivity index (χ3n) is 5.04. The van der Waals surface area contributed by atoms with Crippen LogP contribution < -0.4 is 15.5 Å². The van der Waals surface area contributed by atoms with Crippen molar-refractivity contribution in [1.29, 1.82) is 0 Å². The number of aryl methyl sites for hydroxylation is 1. The van der Waals surface area contributed by atoms with Crippen molar-refractivity contribution in [2.24, 2.45) is 0 Å². The number of hydrogen-bond acceptors (Lipinski definition) is 5. The Balaban J connectivity index is 0.000000142. The maximum absolute atomic E-state index is 11.1. The van der Waals surface area contributed by atoms with Gasteiger partial charge in [0.05, 0.1) is 11.1 Å². The van der Waals surface area contributed by atoms with Gasteiger partial charge in [-0.05, 0) is 47.3 Å². The Labute approximate surface area is 184 Å². The number of hydrogen-bond donors (Lipinski definition) is 2. The van der Waals surface area contributed by atoms with Crippen LogP contribution in [-0.2, 0) is 17.6 Å². The number of carbonyl (C=O) groups is 1. The molecule has 0 spiro atoms. The molecule has 1 aromatic heterocycles. The number of amides is 1. The summed E-state index contributed by atoms with van der Waals surface area (Å²) < 4.78 is 5.84. The van der Waals surface area contributed by atoms with E-state index in [1.165, 1.54) is 10.1 Å². The molecule has 0 aliphatic carbocycles. The quantitative estimate of drug-likeness (QED) is 0.585. The van der Waals surface area contributed by atoms with Gasteiger partial charge in [0.15, 0.2) is 0 Å². The maximum atomic E-state index is 11.1. The Kier molecular flexibility index (Phi) is 6.55. The van der Waals surface area contributed by atoms with E-state index in [9.17, 15) is 4.79 Å². The standard InChI is InChI=1S/C11H13N3S.C10H9Cl2NO/c1-2-4-10-9(3-1)11(13-15-10)14-7-5-12-6-8-14;11-2-1-6-3-7-4-10(14)13-9(7)5-8(6)12/h1-4,12H,5-8H2;3,5H,1-2,4H2,(H,13,14). The van der Waals surface area contributed by atoms with Crippen LogP contribution in [0.4, 0.5) is 11.5 Å². The van der Waals surface area contributed by atoms with Crippen molar-refractivity contribution >= 4 is 62.2 Å². The molecule has 0 bridgehead atoms. The molecule has 1 fully saturated rings. The van der Waals surface area contributed by atoms with Gasteiger partial charge in [-0.1, -0.05) is 29.8 Å². The molecule has 0 unspecified atom stereocenters. The van der Waals surface area contributed by atoms with E-state index >= 15 is 0 Å². The van der Waals surface area contributed by atoms with E-state index < -0.39 is 0 Å². The zero-order valence-electron chi connectivity index (χ0n) is 15.9. The van der Waals surface area contributed by atoms with Crippen LogP contribution in [0.25, 0.3) is 10.1 Å². The number of alkyl halides is 1. The molecule has 1 saturated heterocycles. The van der Waals surface area contributed by atoms with E-state index in [4.69, 9.17) is 23.2 Å². The number of anilines is 2. The molecule has 0 radical (unpaired) electrons. The van der Waals surface area contributed by atoms with Crippen molar-refractivity contribution in [3.63, 3.8) is 0 Å². The highest BCUT2D eigenvalue weighted by Crippen LogP contribution is 2.30. The largest absolute Gasteiger partial charge is 0.353 e. The summed E-state index contributed by atoms with van der Waals surface area (Å²) >= 11 is 13.3. The topological polar surface area (TPSA) is 57.3 Å². The summed E-state index contributed by atoms with van der Waals surface area (Å²) in [6.07, 6.45) is 1.18. The Bertz CT molecular complexity index is 1020. The number of piperazine rings is 1. The number of nitrogens with one attached hydrogen (secondary N) is 2. The first-order valence-electron chi connectivity index (χ1n) is 9.63. The molecule has 2 N–H and O–H groups in total. The van der Waals surface area contributed by atoms with Gasteiger partial charge in [-0.15, -0.1) is 11.6 Å². The predicted molar refractivity (Wildman–Crippen MR) is 123 cm³/mol. The third-order valence-corrected chi connectivity index (χ3v) is 6.39. The predicted octanol–water partition coefficient (Wildman–Crippen LogP) is 4.32. The molecule has 0 saturated carbocycles. The lowest BCUT2D eigenvalue weighted by Gasteiger charge is -2.27. The Hall–Kier alpha value is -1.86. The van der Waals surface area contributed by atoms with Crippen LogP contribution in [-0.4, -0.2) is 42.3 Å². The van der Waals surface area contributed by atoms with Crippen LogP contribution >= 0.6 is 34.7 Å². The van der Waals surface area contributed by atoms with Gasteiger partial charge >= 0.3 is 0 Å². The molecule has 1 amide bonds. The van der Waals surface area contributed by atoms with E-state index in [0.717, 1.165) is 55.2 Å². The van der Waals surface area contributed by atoms with Gasteiger partial charge in [0.25, 0.3) is 0 Å². The Morgan fingerprint density at radius 1 is 1.17 bits per heavy atom. The van der Waals surface area contributed by atoms with Gasteiger partial charge in [0.1, 0.15) is 5.82 Å². The fraction of sp³-hybridized carbons (Fsp3) is 0.333. The lowest BCUT2D eigenvalue weighted by Crippen LogP contribution is -2.43. The highest BCUT2D eigenvalue weighted by Gasteiger charge is 2.19. The van der Waals surface area contributed by atoms with Crippen molar-refractivity contribution in [1.82, 2.24) is 9.69 Å². The van der Waals surface area contributed by atoms with E-state index in [-0.39, 0.29) is 5.91 Å². The highest BCUT2D eigenvalue weighted by molar-refractivity contribution is 7.13. The summed E-state index contributed by atoms with van der Waals surface area (Å²) in [4.78, 5) is 13.5. The maximum Gasteiger partial charge on any atom is 0.228 e. The summed E-state index contributed by atoms with van der Waals surface area (Å²) in [5.41, 5.74) is 2.86. The van der Waals surface area contributed by atoms with E-state index in [1.807, 2.05) is 6.07 Å². The van der Waals surface area contributed by atoms with E-state index in [2.05, 4.69) is 44.2 Å². The highest BCUT2D eigenvalue weighted by atomic mass is 35.5. The molecular formula is C21H22Cl2N4OS. The third kappa shape index (κ3) is 4.67. The van der Waals surface area contributed by atoms with Crippen molar-refractivity contribution in [2.75, 3.05) is 42.3 Å². The molecule has 5 rings (SSSR count). The van der Waals surface area contributed by atoms with Gasteiger partial charge in [-0.25, -0.2) is 0 Å². The SMILES string of the molecule is O=C1Cc2cc(CCCl)c(Cl)cc2N1.c1ccc2c(N3CCNCC3)nsc2c1. The molecule has 2 aliphatic rings. The van der Waals surface area contributed by atoms with Crippen LogP contribution in [0.15, 0.2) is 36.4 Å². The minimum Gasteiger partial charge on any atom is -0.353 e. The van der Waals surface area contributed by atoms with Crippen LogP contribution in [0.2, 0.25) is 5.02 Å². The second-order valence-electron chi connectivity index (χ2n) is 7.00. The van der Waals surface area contributed by atoms with Crippen molar-refractivity contribution in [2.45, 2.75) is 12.8 Å². The number of halogens is 2. The summed E-state index contributed by atoms with van der Waals surface area (Å²) in [7, 11) is 0. The van der Waals surface area contributed by atoms with Crippen LogP contribution in [0, 0.1) is 0 Å². The van der Waals surface area contributed by atoms with Crippen LogP contribution in [0.1, 0.15) is 11.1 Å². The minimum atomic E-state index is 0.0269. The fourth-order valence-electron chi connectivity index (χ4n) is 3.57. The Morgan fingerprint density at radius 3 is 2.76 bits per heavy atom. The first-order chi connectivity index (χ1) is 14.2. The molecule has 0 atom stereocenters. The molecule has 2 aliphatic heterocycles. The van der Waals surface area contributed by atoms with E-state index in [1.54, 1.807) is 17.6 Å². The van der Waals surface area contributed by atoms with Gasteiger partial charge in [-0.3, -0.25) is 4.79 Å². The average Bonchev–Trinajstić information content (AvgIpc) is 3.32. The number of aromatic nitrogens is 1. The Morgan fingerprint density at radius 2 is 1.97 bits per heavy atom. The summed E-state index contributed by atoms with van der Waals surface area (Å²) in [5.74, 6) is 1.73. The number of fused-ring (bicyclic) bond motifs is 2. The van der Waals surface area contributed by atoms with Gasteiger partial charge in [0, 0.05) is 48.2 Å². The molecule has 152 valence electrons. The molecule has 29 heavy (non-hydrogen) atoms. The lowest BCUT2D eigenvalue weighted by atomic mass is 10.1. The molecule has 2 aromatic carbocycles. The normalized spacial score (nSPS) is 15.7.